The summed E-state index contributed by atoms with van der Waals surface area (Å²) in [5.74, 6) is -0.231. The number of nitrogens with zero attached hydrogens (tertiary/aromatic N) is 2. The predicted molar refractivity (Wildman–Crippen MR) is 70.1 cm³/mol. The molecule has 0 spiro atoms. The van der Waals surface area contributed by atoms with E-state index in [0.717, 1.165) is 18.5 Å². The highest BCUT2D eigenvalue weighted by Gasteiger charge is 2.28. The Bertz CT molecular complexity index is 558. The van der Waals surface area contributed by atoms with E-state index in [9.17, 15) is 13.2 Å². The van der Waals surface area contributed by atoms with Crippen LogP contribution in [0, 0.1) is 0 Å². The molecule has 2 rings (SSSR count). The Balaban J connectivity index is 2.01. The van der Waals surface area contributed by atoms with Crippen molar-refractivity contribution in [1.29, 1.82) is 0 Å². The van der Waals surface area contributed by atoms with Gasteiger partial charge in [0.15, 0.2) is 0 Å². The summed E-state index contributed by atoms with van der Waals surface area (Å²) in [7, 11) is -3.10. The summed E-state index contributed by atoms with van der Waals surface area (Å²) in [5.41, 5.74) is 6.22. The van der Waals surface area contributed by atoms with Crippen molar-refractivity contribution in [2.24, 2.45) is 5.73 Å². The molecule has 1 saturated heterocycles. The molecule has 0 aromatic carbocycles. The largest absolute Gasteiger partial charge is 0.364 e. The van der Waals surface area contributed by atoms with Gasteiger partial charge in [-0.1, -0.05) is 0 Å². The molecule has 1 fully saturated rings. The van der Waals surface area contributed by atoms with Crippen LogP contribution >= 0.6 is 0 Å². The third-order valence-electron chi connectivity index (χ3n) is 3.50. The molecule has 3 N–H and O–H groups in total. The fraction of sp³-hybridized carbons (Fsp3) is 0.636. The van der Waals surface area contributed by atoms with Gasteiger partial charge < -0.3 is 5.73 Å². The summed E-state index contributed by atoms with van der Waals surface area (Å²) >= 11 is 0. The summed E-state index contributed by atoms with van der Waals surface area (Å²) in [6, 6.07) is 1.65. The molecule has 8 heteroatoms. The van der Waals surface area contributed by atoms with E-state index in [-0.39, 0.29) is 17.4 Å². The Morgan fingerprint density at radius 2 is 2.16 bits per heavy atom. The van der Waals surface area contributed by atoms with Crippen LogP contribution in [0.4, 0.5) is 0 Å². The van der Waals surface area contributed by atoms with Gasteiger partial charge in [0.25, 0.3) is 5.91 Å². The molecule has 106 valence electrons. The Hall–Kier alpha value is -1.41. The number of carbonyl (C=O) groups is 1. The van der Waals surface area contributed by atoms with Gasteiger partial charge in [-0.25, -0.2) is 12.7 Å². The maximum absolute atomic E-state index is 11.7. The first-order valence-electron chi connectivity index (χ1n) is 6.27. The first-order chi connectivity index (χ1) is 8.94. The van der Waals surface area contributed by atoms with Gasteiger partial charge in [0.1, 0.15) is 5.69 Å². The normalized spacial score (nSPS) is 18.6. The number of aromatic nitrogens is 2. The number of amides is 1. The van der Waals surface area contributed by atoms with E-state index in [2.05, 4.69) is 10.2 Å². The van der Waals surface area contributed by atoms with E-state index in [1.807, 2.05) is 0 Å². The van der Waals surface area contributed by atoms with E-state index < -0.39 is 15.9 Å². The van der Waals surface area contributed by atoms with Crippen LogP contribution in [0.1, 0.15) is 41.9 Å². The van der Waals surface area contributed by atoms with Crippen LogP contribution in [-0.2, 0) is 10.0 Å². The first-order valence-corrected chi connectivity index (χ1v) is 7.88. The Kier molecular flexibility index (Phi) is 3.91. The average molecular weight is 286 g/mol. The summed E-state index contributed by atoms with van der Waals surface area (Å²) in [6.45, 7) is 2.66. The van der Waals surface area contributed by atoms with Gasteiger partial charge >= 0.3 is 0 Å². The zero-order chi connectivity index (χ0) is 14.0. The fourth-order valence-electron chi connectivity index (χ4n) is 2.30. The van der Waals surface area contributed by atoms with Gasteiger partial charge in [-0.05, 0) is 25.8 Å². The minimum absolute atomic E-state index is 0.132. The quantitative estimate of drug-likeness (QED) is 0.814. The van der Waals surface area contributed by atoms with Crippen molar-refractivity contribution >= 4 is 15.9 Å². The number of carbonyl (C=O) groups excluding carboxylic acids is 1. The van der Waals surface area contributed by atoms with E-state index in [4.69, 9.17) is 5.73 Å². The van der Waals surface area contributed by atoms with Crippen LogP contribution in [0.25, 0.3) is 0 Å². The molecule has 0 atom stereocenters. The molecule has 0 aliphatic carbocycles. The Labute approximate surface area is 112 Å². The van der Waals surface area contributed by atoms with Crippen molar-refractivity contribution in [3.8, 4) is 0 Å². The summed E-state index contributed by atoms with van der Waals surface area (Å²) in [5, 5.41) is 6.65. The highest BCUT2D eigenvalue weighted by Crippen LogP contribution is 2.28. The molecule has 1 amide bonds. The molecule has 2 heterocycles. The second-order valence-electron chi connectivity index (χ2n) is 4.65. The van der Waals surface area contributed by atoms with Gasteiger partial charge in [0.05, 0.1) is 5.75 Å². The van der Waals surface area contributed by atoms with Crippen LogP contribution in [0.3, 0.4) is 0 Å². The van der Waals surface area contributed by atoms with E-state index in [0.29, 0.717) is 13.1 Å². The second kappa shape index (κ2) is 5.30. The maximum Gasteiger partial charge on any atom is 0.269 e. The number of piperidine rings is 1. The zero-order valence-corrected chi connectivity index (χ0v) is 11.6. The SMILES string of the molecule is CCS(=O)(=O)N1CCC(c2cc(C(N)=O)n[nH]2)CC1. The highest BCUT2D eigenvalue weighted by atomic mass is 32.2. The molecule has 1 aliphatic heterocycles. The molecule has 1 aliphatic rings. The first kappa shape index (κ1) is 14.0. The molecule has 0 radical (unpaired) electrons. The summed E-state index contributed by atoms with van der Waals surface area (Å²) in [4.78, 5) is 11.0. The fourth-order valence-corrected chi connectivity index (χ4v) is 3.43. The van der Waals surface area contributed by atoms with Crippen molar-refractivity contribution in [2.75, 3.05) is 18.8 Å². The molecule has 0 bridgehead atoms. The third kappa shape index (κ3) is 2.95. The number of H-pyrrole nitrogens is 1. The minimum Gasteiger partial charge on any atom is -0.364 e. The molecule has 1 aromatic rings. The average Bonchev–Trinajstić information content (AvgIpc) is 2.88. The lowest BCUT2D eigenvalue weighted by Crippen LogP contribution is -2.38. The van der Waals surface area contributed by atoms with E-state index >= 15 is 0 Å². The number of hydrogen-bond donors (Lipinski definition) is 2. The van der Waals surface area contributed by atoms with Gasteiger partial charge in [0, 0.05) is 24.7 Å². The van der Waals surface area contributed by atoms with Crippen LogP contribution in [0.15, 0.2) is 6.07 Å². The van der Waals surface area contributed by atoms with E-state index in [1.54, 1.807) is 13.0 Å². The molecule has 0 saturated carbocycles. The van der Waals surface area contributed by atoms with Gasteiger partial charge in [0.2, 0.25) is 10.0 Å². The van der Waals surface area contributed by atoms with Crippen LogP contribution in [-0.4, -0.2) is 47.7 Å². The lowest BCUT2D eigenvalue weighted by molar-refractivity contribution is 0.0995. The van der Waals surface area contributed by atoms with Gasteiger partial charge in [-0.2, -0.15) is 5.10 Å². The van der Waals surface area contributed by atoms with Crippen molar-refractivity contribution in [1.82, 2.24) is 14.5 Å². The van der Waals surface area contributed by atoms with Gasteiger partial charge in [-0.3, -0.25) is 9.89 Å². The number of hydrogen-bond acceptors (Lipinski definition) is 4. The number of nitrogens with one attached hydrogen (secondary N) is 1. The predicted octanol–water partition coefficient (Wildman–Crippen LogP) is 0.0377. The lowest BCUT2D eigenvalue weighted by Gasteiger charge is -2.30. The summed E-state index contributed by atoms with van der Waals surface area (Å²) in [6.07, 6.45) is 1.44. The second-order valence-corrected chi connectivity index (χ2v) is 6.90. The maximum atomic E-state index is 11.7. The van der Waals surface area contributed by atoms with E-state index in [1.165, 1.54) is 4.31 Å². The minimum atomic E-state index is -3.10. The number of aromatic amines is 1. The third-order valence-corrected chi connectivity index (χ3v) is 5.38. The zero-order valence-electron chi connectivity index (χ0n) is 10.8. The number of rotatable bonds is 4. The standard InChI is InChI=1S/C11H18N4O3S/c1-2-19(17,18)15-5-3-8(4-6-15)9-7-10(11(12)16)14-13-9/h7-8H,2-6H2,1H3,(H2,12,16)(H,13,14). The van der Waals surface area contributed by atoms with Crippen LogP contribution in [0.5, 0.6) is 0 Å². The van der Waals surface area contributed by atoms with Gasteiger partial charge in [-0.15, -0.1) is 0 Å². The Morgan fingerprint density at radius 3 is 2.63 bits per heavy atom. The Morgan fingerprint density at radius 1 is 1.53 bits per heavy atom. The van der Waals surface area contributed by atoms with Crippen molar-refractivity contribution in [3.63, 3.8) is 0 Å². The number of sulfonamides is 1. The molecule has 7 nitrogen and oxygen atoms in total. The van der Waals surface area contributed by atoms with Crippen molar-refractivity contribution in [2.45, 2.75) is 25.7 Å². The van der Waals surface area contributed by atoms with Crippen molar-refractivity contribution < 1.29 is 13.2 Å². The molecule has 1 aromatic heterocycles. The number of nitrogens with two attached hydrogens (primary N) is 1. The monoisotopic (exact) mass is 286 g/mol. The smallest absolute Gasteiger partial charge is 0.269 e. The molecule has 19 heavy (non-hydrogen) atoms. The van der Waals surface area contributed by atoms with Crippen LogP contribution in [0.2, 0.25) is 0 Å². The summed E-state index contributed by atoms with van der Waals surface area (Å²) < 4.78 is 25.0. The topological polar surface area (TPSA) is 109 Å². The molecular weight excluding hydrogens is 268 g/mol. The van der Waals surface area contributed by atoms with Crippen molar-refractivity contribution in [3.05, 3.63) is 17.5 Å². The highest BCUT2D eigenvalue weighted by molar-refractivity contribution is 7.89. The molecular formula is C11H18N4O3S. The van der Waals surface area contributed by atoms with Crippen LogP contribution < -0.4 is 5.73 Å². The molecule has 0 unspecified atom stereocenters. The lowest BCUT2D eigenvalue weighted by atomic mass is 9.94. The number of primary amides is 1.